The van der Waals surface area contributed by atoms with Crippen molar-refractivity contribution >= 4 is 41.1 Å². The van der Waals surface area contributed by atoms with Crippen molar-refractivity contribution in [2.24, 2.45) is 5.92 Å². The van der Waals surface area contributed by atoms with Gasteiger partial charge in [0.2, 0.25) is 0 Å². The zero-order valence-corrected chi connectivity index (χ0v) is 24.3. The number of carbonyl (C=O) groups is 3. The lowest BCUT2D eigenvalue weighted by Crippen LogP contribution is -2.48. The van der Waals surface area contributed by atoms with Gasteiger partial charge >= 0.3 is 17.9 Å². The number of nitrogens with zero attached hydrogens (tertiary/aromatic N) is 2. The summed E-state index contributed by atoms with van der Waals surface area (Å²) in [7, 11) is 0. The third-order valence-corrected chi connectivity index (χ3v) is 8.43. The van der Waals surface area contributed by atoms with Crippen molar-refractivity contribution in [3.05, 3.63) is 63.4 Å². The van der Waals surface area contributed by atoms with Crippen LogP contribution in [0.1, 0.15) is 36.8 Å². The summed E-state index contributed by atoms with van der Waals surface area (Å²) in [6.07, 6.45) is 4.49. The Labute approximate surface area is 248 Å². The minimum absolute atomic E-state index is 0.173. The van der Waals surface area contributed by atoms with E-state index in [1.54, 1.807) is 18.2 Å². The van der Waals surface area contributed by atoms with Gasteiger partial charge in [-0.2, -0.15) is 0 Å². The quantitative estimate of drug-likeness (QED) is 0.358. The second kappa shape index (κ2) is 15.3. The lowest BCUT2D eigenvalue weighted by atomic mass is 9.93. The van der Waals surface area contributed by atoms with Crippen LogP contribution in [-0.2, 0) is 20.8 Å². The zero-order valence-electron chi connectivity index (χ0n) is 22.8. The first-order valence-electron chi connectivity index (χ1n) is 13.5. The van der Waals surface area contributed by atoms with Crippen molar-refractivity contribution in [1.82, 2.24) is 9.80 Å². The van der Waals surface area contributed by atoms with Crippen LogP contribution in [0.5, 0.6) is 5.75 Å². The lowest BCUT2D eigenvalue weighted by Gasteiger charge is -2.39. The number of halogens is 3. The topological polar surface area (TPSA) is 128 Å². The average Bonchev–Trinajstić information content (AvgIpc) is 2.94. The van der Waals surface area contributed by atoms with Gasteiger partial charge in [-0.25, -0.2) is 14.0 Å². The number of carboxylic acid groups (broad SMARTS) is 3. The molecule has 0 unspecified atom stereocenters. The third-order valence-electron chi connectivity index (χ3n) is 7.53. The molecule has 9 nitrogen and oxygen atoms in total. The minimum atomic E-state index is -1.82. The molecule has 2 aromatic carbocycles. The normalized spacial score (nSPS) is 17.8. The summed E-state index contributed by atoms with van der Waals surface area (Å²) in [6.45, 7) is 6.51. The summed E-state index contributed by atoms with van der Waals surface area (Å²) in [5.41, 5.74) is 1.73. The van der Waals surface area contributed by atoms with E-state index < -0.39 is 23.9 Å². The fraction of sp³-hybridized carbons (Fsp3) is 0.483. The van der Waals surface area contributed by atoms with E-state index in [1.165, 1.54) is 12.1 Å². The summed E-state index contributed by atoms with van der Waals surface area (Å²) in [6, 6.07) is 9.23. The van der Waals surface area contributed by atoms with Crippen LogP contribution >= 0.6 is 23.2 Å². The number of carboxylic acids is 3. The molecule has 0 aliphatic carbocycles. The van der Waals surface area contributed by atoms with Crippen molar-refractivity contribution in [2.45, 2.75) is 51.2 Å². The van der Waals surface area contributed by atoms with Crippen LogP contribution in [0.2, 0.25) is 10.0 Å². The Hall–Kier alpha value is -2.92. The fourth-order valence-electron chi connectivity index (χ4n) is 5.18. The molecule has 0 bridgehead atoms. The predicted molar refractivity (Wildman–Crippen MR) is 152 cm³/mol. The van der Waals surface area contributed by atoms with Gasteiger partial charge in [-0.3, -0.25) is 9.69 Å². The maximum absolute atomic E-state index is 13.2. The monoisotopic (exact) mass is 612 g/mol. The molecular formula is C29H35Cl2FN2O7. The summed E-state index contributed by atoms with van der Waals surface area (Å²) >= 11 is 12.3. The Kier molecular flexibility index (Phi) is 12.2. The van der Waals surface area contributed by atoms with Crippen molar-refractivity contribution in [3.8, 4) is 5.75 Å². The maximum Gasteiger partial charge on any atom is 0.414 e. The molecule has 2 fully saturated rings. The molecule has 1 atom stereocenters. The van der Waals surface area contributed by atoms with Gasteiger partial charge in [0, 0.05) is 25.2 Å². The molecule has 2 heterocycles. The van der Waals surface area contributed by atoms with Gasteiger partial charge in [0.25, 0.3) is 0 Å². The van der Waals surface area contributed by atoms with Crippen LogP contribution in [-0.4, -0.2) is 87.9 Å². The third kappa shape index (κ3) is 9.85. The number of ether oxygens (including phenoxy) is 1. The molecule has 0 saturated carbocycles. The molecule has 0 amide bonds. The van der Waals surface area contributed by atoms with Gasteiger partial charge in [0.15, 0.2) is 0 Å². The van der Waals surface area contributed by atoms with Gasteiger partial charge in [-0.1, -0.05) is 35.3 Å². The highest BCUT2D eigenvalue weighted by Crippen LogP contribution is 2.33. The number of hydrogen-bond acceptors (Lipinski definition) is 6. The summed E-state index contributed by atoms with van der Waals surface area (Å²) in [5, 5.41) is 25.7. The number of aliphatic carboxylic acids is 3. The minimum Gasteiger partial charge on any atom is -0.490 e. The van der Waals surface area contributed by atoms with Gasteiger partial charge < -0.3 is 25.0 Å². The maximum atomic E-state index is 13.2. The average molecular weight is 614 g/mol. The molecule has 0 aromatic heterocycles. The Morgan fingerprint density at radius 3 is 2.05 bits per heavy atom. The van der Waals surface area contributed by atoms with Gasteiger partial charge in [-0.15, -0.1) is 0 Å². The van der Waals surface area contributed by atoms with E-state index in [9.17, 15) is 14.3 Å². The number of likely N-dealkylation sites (tertiary alicyclic amines) is 2. The van der Waals surface area contributed by atoms with E-state index in [4.69, 9.17) is 47.7 Å². The predicted octanol–water partition coefficient (Wildman–Crippen LogP) is 4.85. The van der Waals surface area contributed by atoms with Gasteiger partial charge in [-0.05, 0) is 87.9 Å². The van der Waals surface area contributed by atoms with Crippen molar-refractivity contribution < 1.29 is 38.8 Å². The molecule has 224 valence electrons. The first-order chi connectivity index (χ1) is 19.4. The smallest absolute Gasteiger partial charge is 0.414 e. The molecule has 4 rings (SSSR count). The molecule has 41 heavy (non-hydrogen) atoms. The zero-order chi connectivity index (χ0) is 30.1. The molecular weight excluding hydrogens is 578 g/mol. The molecule has 2 aliphatic rings. The van der Waals surface area contributed by atoms with Crippen LogP contribution in [0.25, 0.3) is 0 Å². The Bertz CT molecular complexity index is 1190. The second-order valence-corrected chi connectivity index (χ2v) is 11.2. The van der Waals surface area contributed by atoms with Gasteiger partial charge in [0.1, 0.15) is 23.7 Å². The highest BCUT2D eigenvalue weighted by atomic mass is 35.5. The molecule has 3 N–H and O–H groups in total. The SMILES string of the molecule is Cc1c(OC2CCN(CC3CCN([C@@H](Cc4ccc(F)cc4)C(=O)O)CC3)CC2)ccc(Cl)c1Cl.O=C(O)C(=O)O. The van der Waals surface area contributed by atoms with Crippen LogP contribution in [0.3, 0.4) is 0 Å². The van der Waals surface area contributed by atoms with E-state index >= 15 is 0 Å². The molecule has 2 saturated heterocycles. The summed E-state index contributed by atoms with van der Waals surface area (Å²) in [5.74, 6) is -3.39. The van der Waals surface area contributed by atoms with Crippen molar-refractivity contribution in [3.63, 3.8) is 0 Å². The standard InChI is InChI=1S/C27H33Cl2FN2O3.C2H2O4/c1-18-25(7-6-23(28)26(18)29)35-22-10-12-31(13-11-22)17-20-8-14-32(15-9-20)24(27(33)34)16-19-2-4-21(30)5-3-19;3-1(4)2(5)6/h2-7,20,22,24H,8-17H2,1H3,(H,33,34);(H,3,4)(H,5,6)/t24-;/m0./s1. The Morgan fingerprint density at radius 1 is 0.927 bits per heavy atom. The van der Waals surface area contributed by atoms with E-state index in [-0.39, 0.29) is 11.9 Å². The Morgan fingerprint density at radius 2 is 1.51 bits per heavy atom. The largest absolute Gasteiger partial charge is 0.490 e. The molecule has 12 heteroatoms. The molecule has 2 aromatic rings. The lowest BCUT2D eigenvalue weighted by molar-refractivity contribution is -0.159. The second-order valence-electron chi connectivity index (χ2n) is 10.4. The van der Waals surface area contributed by atoms with Crippen molar-refractivity contribution in [1.29, 1.82) is 0 Å². The first-order valence-corrected chi connectivity index (χ1v) is 14.2. The first kappa shape index (κ1) is 32.6. The van der Waals surface area contributed by atoms with E-state index in [1.807, 2.05) is 13.0 Å². The molecule has 0 spiro atoms. The fourth-order valence-corrected chi connectivity index (χ4v) is 5.54. The highest BCUT2D eigenvalue weighted by Gasteiger charge is 2.31. The number of rotatable bonds is 8. The number of piperidine rings is 2. The van der Waals surface area contributed by atoms with Crippen LogP contribution in [0.4, 0.5) is 4.39 Å². The number of hydrogen-bond donors (Lipinski definition) is 3. The van der Waals surface area contributed by atoms with E-state index in [2.05, 4.69) is 9.80 Å². The van der Waals surface area contributed by atoms with Crippen molar-refractivity contribution in [2.75, 3.05) is 32.7 Å². The van der Waals surface area contributed by atoms with Gasteiger partial charge in [0.05, 0.1) is 10.0 Å². The van der Waals surface area contributed by atoms with Crippen LogP contribution in [0.15, 0.2) is 36.4 Å². The molecule has 2 aliphatic heterocycles. The highest BCUT2D eigenvalue weighted by molar-refractivity contribution is 6.42. The van der Waals surface area contributed by atoms with Crippen LogP contribution < -0.4 is 4.74 Å². The summed E-state index contributed by atoms with van der Waals surface area (Å²) < 4.78 is 19.4. The summed E-state index contributed by atoms with van der Waals surface area (Å²) in [4.78, 5) is 34.7. The Balaban J connectivity index is 0.000000696. The van der Waals surface area contributed by atoms with E-state index in [0.29, 0.717) is 22.4 Å². The van der Waals surface area contributed by atoms with E-state index in [0.717, 1.165) is 75.3 Å². The molecule has 0 radical (unpaired) electrons. The number of benzene rings is 2. The van der Waals surface area contributed by atoms with Crippen LogP contribution in [0, 0.1) is 18.7 Å².